The summed E-state index contributed by atoms with van der Waals surface area (Å²) in [5.74, 6) is 1.10. The maximum absolute atomic E-state index is 6.14. The number of fused-ring (bicyclic) bond motifs is 1. The van der Waals surface area contributed by atoms with E-state index < -0.39 is 7.92 Å². The van der Waals surface area contributed by atoms with Gasteiger partial charge in [-0.15, -0.1) is 0 Å². The van der Waals surface area contributed by atoms with E-state index in [-0.39, 0.29) is 13.1 Å². The van der Waals surface area contributed by atoms with Gasteiger partial charge in [-0.25, -0.2) is 0 Å². The molecule has 0 saturated carbocycles. The molecule has 1 heterocycles. The molecule has 3 heteroatoms. The van der Waals surface area contributed by atoms with E-state index >= 15 is 0 Å². The van der Waals surface area contributed by atoms with Crippen LogP contribution in [0, 0.1) is 0 Å². The summed E-state index contributed by atoms with van der Waals surface area (Å²) in [6.07, 6.45) is 0.845. The van der Waals surface area contributed by atoms with E-state index in [9.17, 15) is 0 Å². The van der Waals surface area contributed by atoms with Crippen molar-refractivity contribution in [1.29, 1.82) is 0 Å². The van der Waals surface area contributed by atoms with Crippen molar-refractivity contribution in [2.24, 2.45) is 0 Å². The summed E-state index contributed by atoms with van der Waals surface area (Å²) in [5, 5.41) is 5.99. The molecular formula is C23H24OP2. The highest BCUT2D eigenvalue weighted by Gasteiger charge is 2.37. The zero-order valence-corrected chi connectivity index (χ0v) is 17.3. The highest BCUT2D eigenvalue weighted by atomic mass is 31.1. The molecule has 26 heavy (non-hydrogen) atoms. The van der Waals surface area contributed by atoms with Crippen LogP contribution in [0.5, 0.6) is 5.75 Å². The van der Waals surface area contributed by atoms with Crippen LogP contribution in [0.4, 0.5) is 0 Å². The highest BCUT2D eigenvalue weighted by molar-refractivity contribution is 7.82. The van der Waals surface area contributed by atoms with Gasteiger partial charge in [0.2, 0.25) is 0 Å². The van der Waals surface area contributed by atoms with Crippen molar-refractivity contribution in [2.75, 3.05) is 6.35 Å². The number of hydrogen-bond donors (Lipinski definition) is 0. The van der Waals surface area contributed by atoms with Crippen LogP contribution < -0.4 is 26.0 Å². The fourth-order valence-corrected chi connectivity index (χ4v) is 8.61. The van der Waals surface area contributed by atoms with Crippen molar-refractivity contribution < 1.29 is 4.74 Å². The van der Waals surface area contributed by atoms with Crippen molar-refractivity contribution >= 4 is 37.1 Å². The van der Waals surface area contributed by atoms with Gasteiger partial charge in [-0.1, -0.05) is 93.6 Å². The average molecular weight is 378 g/mol. The molecule has 0 aliphatic carbocycles. The minimum absolute atomic E-state index is 0.241. The standard InChI is InChI=1S/C23H24OP2/c1-23(2,3)25-17-24-20-15-10-16-21(22(20)25)26(18-11-6-4-7-12-18)19-13-8-5-9-14-19/h4-16H,17H2,1-3H3/t25-/m1/s1. The van der Waals surface area contributed by atoms with Crippen molar-refractivity contribution in [3.63, 3.8) is 0 Å². The highest BCUT2D eigenvalue weighted by Crippen LogP contribution is 2.54. The summed E-state index contributed by atoms with van der Waals surface area (Å²) in [6, 6.07) is 28.5. The molecule has 0 radical (unpaired) electrons. The van der Waals surface area contributed by atoms with Crippen molar-refractivity contribution in [3.05, 3.63) is 78.9 Å². The summed E-state index contributed by atoms with van der Waals surface area (Å²) in [7, 11) is -0.928. The molecular weight excluding hydrogens is 354 g/mol. The topological polar surface area (TPSA) is 9.23 Å². The Balaban J connectivity index is 1.93. The Morgan fingerprint density at radius 2 is 1.35 bits per heavy atom. The molecule has 3 aromatic carbocycles. The third-order valence-corrected chi connectivity index (χ3v) is 10.3. The Labute approximate surface area is 158 Å². The molecule has 1 aliphatic rings. The largest absolute Gasteiger partial charge is 0.488 e. The van der Waals surface area contributed by atoms with Crippen LogP contribution in [0.2, 0.25) is 0 Å². The first-order valence-electron chi connectivity index (χ1n) is 8.99. The molecule has 1 aliphatic heterocycles. The number of benzene rings is 3. The molecule has 0 aromatic heterocycles. The summed E-state index contributed by atoms with van der Waals surface area (Å²) >= 11 is 0. The molecule has 132 valence electrons. The van der Waals surface area contributed by atoms with Gasteiger partial charge >= 0.3 is 0 Å². The van der Waals surface area contributed by atoms with E-state index in [2.05, 4.69) is 99.6 Å². The molecule has 0 spiro atoms. The molecule has 0 saturated heterocycles. The monoisotopic (exact) mass is 378 g/mol. The van der Waals surface area contributed by atoms with Gasteiger partial charge < -0.3 is 4.74 Å². The van der Waals surface area contributed by atoms with Crippen LogP contribution >= 0.6 is 15.8 Å². The van der Waals surface area contributed by atoms with Gasteiger partial charge in [0.1, 0.15) is 12.1 Å². The molecule has 1 nitrogen and oxygen atoms in total. The third kappa shape index (κ3) is 3.32. The molecule has 3 aromatic rings. The minimum Gasteiger partial charge on any atom is -0.488 e. The van der Waals surface area contributed by atoms with Crippen molar-refractivity contribution in [2.45, 2.75) is 25.9 Å². The molecule has 0 amide bonds. The van der Waals surface area contributed by atoms with Crippen LogP contribution in [-0.2, 0) is 0 Å². The quantitative estimate of drug-likeness (QED) is 0.601. The predicted octanol–water partition coefficient (Wildman–Crippen LogP) is 4.70. The minimum atomic E-state index is -0.586. The van der Waals surface area contributed by atoms with Gasteiger partial charge in [-0.05, 0) is 43.0 Å². The maximum atomic E-state index is 6.14. The second kappa shape index (κ2) is 7.15. The molecule has 0 unspecified atom stereocenters. The molecule has 0 fully saturated rings. The predicted molar refractivity (Wildman–Crippen MR) is 117 cm³/mol. The van der Waals surface area contributed by atoms with Crippen LogP contribution in [0.1, 0.15) is 20.8 Å². The Morgan fingerprint density at radius 3 is 1.88 bits per heavy atom. The smallest absolute Gasteiger partial charge is 0.128 e. The normalized spacial score (nSPS) is 16.4. The van der Waals surface area contributed by atoms with E-state index in [4.69, 9.17) is 4.74 Å². The van der Waals surface area contributed by atoms with E-state index in [1.165, 1.54) is 21.2 Å². The first-order valence-corrected chi connectivity index (χ1v) is 11.9. The summed E-state index contributed by atoms with van der Waals surface area (Å²) in [6.45, 7) is 7.05. The number of hydrogen-bond acceptors (Lipinski definition) is 1. The van der Waals surface area contributed by atoms with Crippen LogP contribution in [0.3, 0.4) is 0 Å². The molecule has 1 atom stereocenters. The molecule has 0 N–H and O–H groups in total. The third-order valence-electron chi connectivity index (χ3n) is 4.68. The van der Waals surface area contributed by atoms with E-state index in [0.717, 1.165) is 12.1 Å². The fraction of sp³-hybridized carbons (Fsp3) is 0.217. The Kier molecular flexibility index (Phi) is 4.87. The maximum Gasteiger partial charge on any atom is 0.128 e. The van der Waals surface area contributed by atoms with Gasteiger partial charge in [0, 0.05) is 5.30 Å². The van der Waals surface area contributed by atoms with Gasteiger partial charge in [-0.2, -0.15) is 0 Å². The van der Waals surface area contributed by atoms with E-state index in [1.54, 1.807) is 0 Å². The summed E-state index contributed by atoms with van der Waals surface area (Å²) < 4.78 is 6.14. The van der Waals surface area contributed by atoms with Crippen LogP contribution in [0.15, 0.2) is 78.9 Å². The first kappa shape index (κ1) is 17.7. The second-order valence-electron chi connectivity index (χ2n) is 7.50. The van der Waals surface area contributed by atoms with Crippen molar-refractivity contribution in [3.8, 4) is 5.75 Å². The summed E-state index contributed by atoms with van der Waals surface area (Å²) in [4.78, 5) is 0. The average Bonchev–Trinajstić information content (AvgIpc) is 3.09. The lowest BCUT2D eigenvalue weighted by Gasteiger charge is -2.30. The lowest BCUT2D eigenvalue weighted by Crippen LogP contribution is -2.32. The number of ether oxygens (including phenoxy) is 1. The lowest BCUT2D eigenvalue weighted by atomic mass is 10.3. The SMILES string of the molecule is CC(C)(C)[P@]1COc2cccc(P(c3ccccc3)c3ccccc3)c21. The Bertz CT molecular complexity index is 846. The molecule has 0 bridgehead atoms. The van der Waals surface area contributed by atoms with Gasteiger partial charge in [-0.3, -0.25) is 0 Å². The summed E-state index contributed by atoms with van der Waals surface area (Å²) in [5.41, 5.74) is 0. The second-order valence-corrected chi connectivity index (χ2v) is 12.6. The van der Waals surface area contributed by atoms with Gasteiger partial charge in [0.25, 0.3) is 0 Å². The van der Waals surface area contributed by atoms with Gasteiger partial charge in [0.05, 0.1) is 0 Å². The Morgan fingerprint density at radius 1 is 0.769 bits per heavy atom. The van der Waals surface area contributed by atoms with Crippen LogP contribution in [0.25, 0.3) is 0 Å². The fourth-order valence-electron chi connectivity index (χ4n) is 3.39. The first-order chi connectivity index (χ1) is 12.6. The lowest BCUT2D eigenvalue weighted by molar-refractivity contribution is 0.400. The number of rotatable bonds is 3. The zero-order valence-electron chi connectivity index (χ0n) is 15.5. The van der Waals surface area contributed by atoms with E-state index in [1.807, 2.05) is 0 Å². The van der Waals surface area contributed by atoms with Crippen molar-refractivity contribution in [1.82, 2.24) is 0 Å². The van der Waals surface area contributed by atoms with Gasteiger partial charge in [0.15, 0.2) is 0 Å². The Hall–Kier alpha value is -1.68. The van der Waals surface area contributed by atoms with E-state index in [0.29, 0.717) is 0 Å². The zero-order chi connectivity index (χ0) is 18.1. The van der Waals surface area contributed by atoms with Crippen LogP contribution in [-0.4, -0.2) is 11.5 Å². The molecule has 4 rings (SSSR count).